The van der Waals surface area contributed by atoms with Crippen LogP contribution in [0.4, 0.5) is 0 Å². The van der Waals surface area contributed by atoms with E-state index in [1.807, 2.05) is 13.1 Å². The van der Waals surface area contributed by atoms with Gasteiger partial charge in [-0.1, -0.05) is 20.8 Å². The summed E-state index contributed by atoms with van der Waals surface area (Å²) in [6.45, 7) is 10.7. The van der Waals surface area contributed by atoms with Crippen molar-refractivity contribution in [3.05, 3.63) is 29.1 Å². The van der Waals surface area contributed by atoms with Crippen LogP contribution < -0.4 is 0 Å². The molecule has 0 bridgehead atoms. The molecule has 15 heavy (non-hydrogen) atoms. The van der Waals surface area contributed by atoms with Gasteiger partial charge in [0.15, 0.2) is 0 Å². The number of aromatic nitrogens is 3. The summed E-state index contributed by atoms with van der Waals surface area (Å²) in [6.07, 6.45) is 1.84. The van der Waals surface area contributed by atoms with Crippen LogP contribution in [0.5, 0.6) is 0 Å². The Hall–Kier alpha value is -1.38. The van der Waals surface area contributed by atoms with Gasteiger partial charge in [-0.25, -0.2) is 0 Å². The van der Waals surface area contributed by atoms with E-state index in [9.17, 15) is 0 Å². The van der Waals surface area contributed by atoms with Gasteiger partial charge in [0.05, 0.1) is 17.4 Å². The average Bonchev–Trinajstić information content (AvgIpc) is 2.38. The van der Waals surface area contributed by atoms with Gasteiger partial charge in [-0.15, -0.1) is 0 Å². The highest BCUT2D eigenvalue weighted by atomic mass is 15.4. The lowest BCUT2D eigenvalue weighted by Gasteiger charge is -2.18. The first-order valence-corrected chi connectivity index (χ1v) is 5.22. The highest BCUT2D eigenvalue weighted by Crippen LogP contribution is 2.29. The molecule has 0 unspecified atom stereocenters. The maximum atomic E-state index is 4.43. The maximum absolute atomic E-state index is 4.43. The molecule has 0 aliphatic carbocycles. The predicted molar refractivity (Wildman–Crippen MR) is 61.2 cm³/mol. The lowest BCUT2D eigenvalue weighted by Crippen LogP contribution is -2.12. The molecule has 0 atom stereocenters. The molecule has 2 aromatic rings. The third-order valence-corrected chi connectivity index (χ3v) is 2.56. The summed E-state index contributed by atoms with van der Waals surface area (Å²) < 4.78 is 1.73. The minimum Gasteiger partial charge on any atom is -0.158 e. The second-order valence-corrected chi connectivity index (χ2v) is 5.12. The molecule has 0 N–H and O–H groups in total. The second kappa shape index (κ2) is 3.05. The van der Waals surface area contributed by atoms with Crippen molar-refractivity contribution < 1.29 is 0 Å². The minimum atomic E-state index is 0.112. The summed E-state index contributed by atoms with van der Waals surface area (Å²) in [4.78, 5) is 0. The molecular formula is C12H17N3. The Kier molecular flexibility index (Phi) is 2.07. The summed E-state index contributed by atoms with van der Waals surface area (Å²) in [6, 6.07) is 2.15. The summed E-state index contributed by atoms with van der Waals surface area (Å²) in [5, 5.41) is 8.71. The van der Waals surface area contributed by atoms with Crippen LogP contribution in [0.2, 0.25) is 0 Å². The van der Waals surface area contributed by atoms with Crippen molar-refractivity contribution in [2.24, 2.45) is 0 Å². The van der Waals surface area contributed by atoms with Crippen molar-refractivity contribution in [1.29, 1.82) is 0 Å². The van der Waals surface area contributed by atoms with Crippen LogP contribution in [-0.2, 0) is 5.41 Å². The van der Waals surface area contributed by atoms with E-state index < -0.39 is 0 Å². The fourth-order valence-electron chi connectivity index (χ4n) is 2.07. The van der Waals surface area contributed by atoms with Gasteiger partial charge in [-0.05, 0) is 30.9 Å². The average molecular weight is 203 g/mol. The van der Waals surface area contributed by atoms with Crippen molar-refractivity contribution in [1.82, 2.24) is 14.8 Å². The Balaban J connectivity index is 2.82. The number of rotatable bonds is 0. The molecule has 0 aromatic carbocycles. The van der Waals surface area contributed by atoms with E-state index in [4.69, 9.17) is 0 Å². The topological polar surface area (TPSA) is 30.2 Å². The van der Waals surface area contributed by atoms with Gasteiger partial charge in [-0.3, -0.25) is 0 Å². The number of hydrogen-bond donors (Lipinski definition) is 0. The summed E-state index contributed by atoms with van der Waals surface area (Å²) >= 11 is 0. The van der Waals surface area contributed by atoms with Gasteiger partial charge in [0, 0.05) is 5.56 Å². The molecule has 0 aliphatic rings. The van der Waals surface area contributed by atoms with Crippen molar-refractivity contribution in [3.8, 4) is 0 Å². The van der Waals surface area contributed by atoms with Crippen LogP contribution in [0.1, 0.15) is 37.6 Å². The van der Waals surface area contributed by atoms with Crippen LogP contribution in [0.15, 0.2) is 12.3 Å². The van der Waals surface area contributed by atoms with Crippen molar-refractivity contribution in [2.45, 2.75) is 40.0 Å². The Bertz CT molecular complexity index is 503. The monoisotopic (exact) mass is 203 g/mol. The second-order valence-electron chi connectivity index (χ2n) is 5.12. The molecule has 3 heteroatoms. The number of fused-ring (bicyclic) bond motifs is 1. The highest BCUT2D eigenvalue weighted by Gasteiger charge is 2.22. The lowest BCUT2D eigenvalue weighted by molar-refractivity contribution is 0.591. The zero-order valence-corrected chi connectivity index (χ0v) is 10.00. The van der Waals surface area contributed by atoms with Gasteiger partial charge >= 0.3 is 0 Å². The molecule has 0 amide bonds. The Morgan fingerprint density at radius 2 is 1.87 bits per heavy atom. The third-order valence-electron chi connectivity index (χ3n) is 2.56. The van der Waals surface area contributed by atoms with Crippen molar-refractivity contribution >= 4 is 5.52 Å². The smallest absolute Gasteiger partial charge is 0.0915 e. The van der Waals surface area contributed by atoms with Crippen molar-refractivity contribution in [2.75, 3.05) is 0 Å². The van der Waals surface area contributed by atoms with Crippen LogP contribution >= 0.6 is 0 Å². The number of nitrogens with zero attached hydrogens (tertiary/aromatic N) is 3. The summed E-state index contributed by atoms with van der Waals surface area (Å²) in [5.41, 5.74) is 4.77. The number of aryl methyl sites for hydroxylation is 2. The van der Waals surface area contributed by atoms with Crippen LogP contribution in [-0.4, -0.2) is 14.8 Å². The quantitative estimate of drug-likeness (QED) is 0.659. The molecule has 2 heterocycles. The number of hydrogen-bond acceptors (Lipinski definition) is 2. The Morgan fingerprint density at radius 3 is 2.47 bits per heavy atom. The molecule has 0 saturated heterocycles. The largest absolute Gasteiger partial charge is 0.158 e. The molecule has 80 valence electrons. The molecule has 2 rings (SSSR count). The lowest BCUT2D eigenvalue weighted by atomic mass is 9.86. The highest BCUT2D eigenvalue weighted by molar-refractivity contribution is 5.59. The van der Waals surface area contributed by atoms with Crippen LogP contribution in [0.25, 0.3) is 5.52 Å². The molecule has 0 radical (unpaired) electrons. The first-order valence-electron chi connectivity index (χ1n) is 5.22. The van der Waals surface area contributed by atoms with E-state index in [1.54, 1.807) is 4.63 Å². The molecule has 0 fully saturated rings. The fraction of sp³-hybridized carbons (Fsp3) is 0.500. The molecule has 0 aliphatic heterocycles. The summed E-state index contributed by atoms with van der Waals surface area (Å²) in [5.74, 6) is 0. The van der Waals surface area contributed by atoms with Crippen LogP contribution in [0.3, 0.4) is 0 Å². The Labute approximate surface area is 90.1 Å². The SMILES string of the molecule is Cc1cnn2nc(C)c(C(C)(C)C)c2c1. The fourth-order valence-corrected chi connectivity index (χ4v) is 2.07. The van der Waals surface area contributed by atoms with Crippen molar-refractivity contribution in [3.63, 3.8) is 0 Å². The third kappa shape index (κ3) is 1.62. The van der Waals surface area contributed by atoms with Gasteiger partial charge in [-0.2, -0.15) is 14.8 Å². The van der Waals surface area contributed by atoms with E-state index in [1.165, 1.54) is 11.1 Å². The normalized spacial score (nSPS) is 12.3. The van der Waals surface area contributed by atoms with E-state index in [0.717, 1.165) is 11.2 Å². The van der Waals surface area contributed by atoms with Gasteiger partial charge in [0.25, 0.3) is 0 Å². The molecular weight excluding hydrogens is 186 g/mol. The van der Waals surface area contributed by atoms with E-state index in [2.05, 4.69) is 44.0 Å². The predicted octanol–water partition coefficient (Wildman–Crippen LogP) is 2.64. The molecule has 3 nitrogen and oxygen atoms in total. The zero-order valence-electron chi connectivity index (χ0n) is 10.00. The van der Waals surface area contributed by atoms with E-state index in [0.29, 0.717) is 0 Å². The van der Waals surface area contributed by atoms with E-state index >= 15 is 0 Å². The van der Waals surface area contributed by atoms with Gasteiger partial charge < -0.3 is 0 Å². The van der Waals surface area contributed by atoms with Gasteiger partial charge in [0.2, 0.25) is 0 Å². The van der Waals surface area contributed by atoms with Crippen LogP contribution in [0, 0.1) is 13.8 Å². The molecule has 0 spiro atoms. The standard InChI is InChI=1S/C12H17N3/c1-8-6-10-11(12(3,4)5)9(2)14-15(10)13-7-8/h6-7H,1-5H3. The maximum Gasteiger partial charge on any atom is 0.0915 e. The first-order chi connectivity index (χ1) is 6.89. The van der Waals surface area contributed by atoms with E-state index in [-0.39, 0.29) is 5.41 Å². The van der Waals surface area contributed by atoms with Gasteiger partial charge in [0.1, 0.15) is 0 Å². The molecule has 2 aromatic heterocycles. The zero-order chi connectivity index (χ0) is 11.2. The first kappa shape index (κ1) is 10.1. The minimum absolute atomic E-state index is 0.112. The summed E-state index contributed by atoms with van der Waals surface area (Å²) in [7, 11) is 0. The molecule has 0 saturated carbocycles. The Morgan fingerprint density at radius 1 is 1.20 bits per heavy atom.